The molecule has 18 heavy (non-hydrogen) atoms. The first-order valence-corrected chi connectivity index (χ1v) is 7.28. The number of rotatable bonds is 7. The Hall–Kier alpha value is -0.710. The van der Waals surface area contributed by atoms with Crippen molar-refractivity contribution in [3.8, 4) is 0 Å². The molecule has 0 fully saturated rings. The van der Waals surface area contributed by atoms with Gasteiger partial charge in [0.15, 0.2) is 0 Å². The van der Waals surface area contributed by atoms with Crippen LogP contribution in [0.3, 0.4) is 0 Å². The standard InChI is InChI=1S/C13H18ClNO2S/c1-15-12(13(16)17-2)7-8-18-9-10-5-3-4-6-11(10)14/h3-6,12,15H,7-9H2,1-2H3. The molecule has 0 aromatic heterocycles. The van der Waals surface area contributed by atoms with Crippen LogP contribution in [0, 0.1) is 0 Å². The van der Waals surface area contributed by atoms with Crippen molar-refractivity contribution in [2.45, 2.75) is 18.2 Å². The summed E-state index contributed by atoms with van der Waals surface area (Å²) in [4.78, 5) is 11.3. The van der Waals surface area contributed by atoms with Crippen LogP contribution in [-0.2, 0) is 15.3 Å². The van der Waals surface area contributed by atoms with Crippen molar-refractivity contribution in [3.05, 3.63) is 34.9 Å². The van der Waals surface area contributed by atoms with E-state index in [1.54, 1.807) is 18.8 Å². The van der Waals surface area contributed by atoms with Crippen molar-refractivity contribution < 1.29 is 9.53 Å². The highest BCUT2D eigenvalue weighted by Gasteiger charge is 2.15. The second-order valence-corrected chi connectivity index (χ2v) is 5.31. The summed E-state index contributed by atoms with van der Waals surface area (Å²) in [6, 6.07) is 7.58. The van der Waals surface area contributed by atoms with Crippen LogP contribution in [0.25, 0.3) is 0 Å². The van der Waals surface area contributed by atoms with E-state index in [2.05, 4.69) is 5.32 Å². The zero-order chi connectivity index (χ0) is 13.4. The number of halogens is 1. The molecule has 0 aliphatic rings. The largest absolute Gasteiger partial charge is 0.468 e. The molecule has 0 saturated carbocycles. The molecule has 5 heteroatoms. The summed E-state index contributed by atoms with van der Waals surface area (Å²) >= 11 is 7.83. The van der Waals surface area contributed by atoms with Gasteiger partial charge in [-0.3, -0.25) is 4.79 Å². The Balaban J connectivity index is 2.30. The molecule has 0 amide bonds. The van der Waals surface area contributed by atoms with E-state index < -0.39 is 0 Å². The van der Waals surface area contributed by atoms with Gasteiger partial charge in [-0.25, -0.2) is 0 Å². The van der Waals surface area contributed by atoms with Crippen LogP contribution in [0.5, 0.6) is 0 Å². The van der Waals surface area contributed by atoms with E-state index in [1.807, 2.05) is 24.3 Å². The lowest BCUT2D eigenvalue weighted by atomic mass is 10.2. The Morgan fingerprint density at radius 3 is 2.83 bits per heavy atom. The van der Waals surface area contributed by atoms with Crippen LogP contribution in [0.1, 0.15) is 12.0 Å². The lowest BCUT2D eigenvalue weighted by Gasteiger charge is -2.13. The first-order valence-electron chi connectivity index (χ1n) is 5.75. The number of esters is 1. The Bertz CT molecular complexity index is 387. The van der Waals surface area contributed by atoms with Gasteiger partial charge in [0.25, 0.3) is 0 Å². The minimum Gasteiger partial charge on any atom is -0.468 e. The highest BCUT2D eigenvalue weighted by Crippen LogP contribution is 2.21. The maximum Gasteiger partial charge on any atom is 0.322 e. The monoisotopic (exact) mass is 287 g/mol. The van der Waals surface area contributed by atoms with Crippen LogP contribution < -0.4 is 5.32 Å². The molecule has 0 aliphatic heterocycles. The fourth-order valence-electron chi connectivity index (χ4n) is 1.52. The van der Waals surface area contributed by atoms with E-state index in [9.17, 15) is 4.79 Å². The van der Waals surface area contributed by atoms with Crippen LogP contribution >= 0.6 is 23.4 Å². The van der Waals surface area contributed by atoms with Crippen LogP contribution in [0.15, 0.2) is 24.3 Å². The number of methoxy groups -OCH3 is 1. The number of benzene rings is 1. The van der Waals surface area contributed by atoms with Gasteiger partial charge in [0, 0.05) is 10.8 Å². The van der Waals surface area contributed by atoms with E-state index in [0.29, 0.717) is 0 Å². The number of likely N-dealkylation sites (N-methyl/N-ethyl adjacent to an activating group) is 1. The van der Waals surface area contributed by atoms with Gasteiger partial charge in [-0.1, -0.05) is 29.8 Å². The maximum absolute atomic E-state index is 11.3. The Morgan fingerprint density at radius 2 is 2.22 bits per heavy atom. The molecule has 0 spiro atoms. The van der Waals surface area contributed by atoms with Crippen LogP contribution in [0.2, 0.25) is 5.02 Å². The molecule has 0 aliphatic carbocycles. The number of hydrogen-bond acceptors (Lipinski definition) is 4. The minimum absolute atomic E-state index is 0.212. The molecule has 1 aromatic rings. The lowest BCUT2D eigenvalue weighted by molar-refractivity contribution is -0.143. The van der Waals surface area contributed by atoms with Gasteiger partial charge in [0.05, 0.1) is 7.11 Å². The van der Waals surface area contributed by atoms with Gasteiger partial charge in [0.1, 0.15) is 6.04 Å². The first-order chi connectivity index (χ1) is 8.69. The predicted octanol–water partition coefficient (Wildman–Crippen LogP) is 2.72. The first kappa shape index (κ1) is 15.3. The molecule has 0 radical (unpaired) electrons. The molecular formula is C13H18ClNO2S. The predicted molar refractivity (Wildman–Crippen MR) is 77.1 cm³/mol. The Labute approximate surface area is 117 Å². The Kier molecular flexibility index (Phi) is 7.16. The van der Waals surface area contributed by atoms with Crippen LogP contribution in [-0.4, -0.2) is 31.9 Å². The number of carbonyl (C=O) groups excluding carboxylic acids is 1. The highest BCUT2D eigenvalue weighted by atomic mass is 35.5. The molecule has 0 heterocycles. The molecule has 0 saturated heterocycles. The van der Waals surface area contributed by atoms with Crippen molar-refractivity contribution in [3.63, 3.8) is 0 Å². The molecule has 1 N–H and O–H groups in total. The van der Waals surface area contributed by atoms with Gasteiger partial charge in [-0.2, -0.15) is 11.8 Å². The van der Waals surface area contributed by atoms with Gasteiger partial charge in [-0.15, -0.1) is 0 Å². The second kappa shape index (κ2) is 8.40. The minimum atomic E-state index is -0.228. The number of nitrogens with one attached hydrogen (secondary N) is 1. The average molecular weight is 288 g/mol. The molecule has 0 bridgehead atoms. The van der Waals surface area contributed by atoms with Gasteiger partial charge in [0.2, 0.25) is 0 Å². The Morgan fingerprint density at radius 1 is 1.50 bits per heavy atom. The summed E-state index contributed by atoms with van der Waals surface area (Å²) in [5.74, 6) is 1.53. The molecular weight excluding hydrogens is 270 g/mol. The highest BCUT2D eigenvalue weighted by molar-refractivity contribution is 7.98. The van der Waals surface area contributed by atoms with Crippen molar-refractivity contribution >= 4 is 29.3 Å². The van der Waals surface area contributed by atoms with E-state index >= 15 is 0 Å². The fraction of sp³-hybridized carbons (Fsp3) is 0.462. The van der Waals surface area contributed by atoms with Crippen molar-refractivity contribution in [2.24, 2.45) is 0 Å². The molecule has 1 aromatic carbocycles. The van der Waals surface area contributed by atoms with Gasteiger partial charge in [-0.05, 0) is 30.9 Å². The third-order valence-electron chi connectivity index (χ3n) is 2.60. The SMILES string of the molecule is CNC(CCSCc1ccccc1Cl)C(=O)OC. The van der Waals surface area contributed by atoms with Crippen LogP contribution in [0.4, 0.5) is 0 Å². The summed E-state index contributed by atoms with van der Waals surface area (Å²) in [7, 11) is 3.17. The number of thioether (sulfide) groups is 1. The summed E-state index contributed by atoms with van der Waals surface area (Å²) in [5.41, 5.74) is 1.13. The summed E-state index contributed by atoms with van der Waals surface area (Å²) in [6.45, 7) is 0. The smallest absolute Gasteiger partial charge is 0.322 e. The topological polar surface area (TPSA) is 38.3 Å². The summed E-state index contributed by atoms with van der Waals surface area (Å²) in [5, 5.41) is 3.74. The maximum atomic E-state index is 11.3. The molecule has 1 rings (SSSR count). The normalized spacial score (nSPS) is 12.2. The molecule has 3 nitrogen and oxygen atoms in total. The van der Waals surface area contributed by atoms with Crippen molar-refractivity contribution in [1.82, 2.24) is 5.32 Å². The van der Waals surface area contributed by atoms with Gasteiger partial charge < -0.3 is 10.1 Å². The molecule has 100 valence electrons. The molecule has 1 atom stereocenters. The van der Waals surface area contributed by atoms with Crippen molar-refractivity contribution in [1.29, 1.82) is 0 Å². The summed E-state index contributed by atoms with van der Waals surface area (Å²) in [6.07, 6.45) is 0.748. The van der Waals surface area contributed by atoms with Crippen molar-refractivity contribution in [2.75, 3.05) is 19.9 Å². The zero-order valence-corrected chi connectivity index (χ0v) is 12.2. The fourth-order valence-corrected chi connectivity index (χ4v) is 2.82. The number of hydrogen-bond donors (Lipinski definition) is 1. The third-order valence-corrected chi connectivity index (χ3v) is 4.01. The van der Waals surface area contributed by atoms with E-state index in [0.717, 1.165) is 28.5 Å². The zero-order valence-electron chi connectivity index (χ0n) is 10.6. The van der Waals surface area contributed by atoms with E-state index in [-0.39, 0.29) is 12.0 Å². The average Bonchev–Trinajstić information content (AvgIpc) is 2.40. The summed E-state index contributed by atoms with van der Waals surface area (Å²) < 4.78 is 4.71. The second-order valence-electron chi connectivity index (χ2n) is 3.80. The lowest BCUT2D eigenvalue weighted by Crippen LogP contribution is -2.35. The van der Waals surface area contributed by atoms with E-state index in [1.165, 1.54) is 7.11 Å². The number of ether oxygens (including phenoxy) is 1. The molecule has 1 unspecified atom stereocenters. The van der Waals surface area contributed by atoms with Gasteiger partial charge >= 0.3 is 5.97 Å². The van der Waals surface area contributed by atoms with E-state index in [4.69, 9.17) is 16.3 Å². The third kappa shape index (κ3) is 4.88. The quantitative estimate of drug-likeness (QED) is 0.618. The number of carbonyl (C=O) groups is 1.